The second kappa shape index (κ2) is 2.82. The Bertz CT molecular complexity index is 516. The molecular weight excluding hydrogens is 186 g/mol. The molecule has 0 unspecified atom stereocenters. The second-order valence-corrected chi connectivity index (χ2v) is 3.21. The fraction of sp³-hybridized carbons (Fsp3) is 0. The summed E-state index contributed by atoms with van der Waals surface area (Å²) in [6, 6.07) is 3.53. The van der Waals surface area contributed by atoms with Crippen molar-refractivity contribution < 1.29 is 4.79 Å². The zero-order valence-corrected chi connectivity index (χ0v) is 7.51. The van der Waals surface area contributed by atoms with Gasteiger partial charge in [-0.15, -0.1) is 0 Å². The van der Waals surface area contributed by atoms with Gasteiger partial charge in [-0.2, -0.15) is 0 Å². The Balaban J connectivity index is 2.89. The van der Waals surface area contributed by atoms with Crippen molar-refractivity contribution in [2.75, 3.05) is 0 Å². The molecule has 2 rings (SSSR count). The molecule has 3 heteroatoms. The Labute approximate surface area is 79.9 Å². The van der Waals surface area contributed by atoms with Crippen LogP contribution >= 0.6 is 11.6 Å². The first-order valence-corrected chi connectivity index (χ1v) is 4.14. The number of amides is 1. The molecule has 0 bridgehead atoms. The number of nitrogens with zero attached hydrogens (tertiary/aromatic N) is 1. The van der Waals surface area contributed by atoms with Crippen LogP contribution in [-0.2, 0) is 4.79 Å². The van der Waals surface area contributed by atoms with Crippen LogP contribution in [0.3, 0.4) is 0 Å². The maximum atomic E-state index is 10.9. The summed E-state index contributed by atoms with van der Waals surface area (Å²) >= 11 is 5.89. The van der Waals surface area contributed by atoms with Crippen molar-refractivity contribution in [3.05, 3.63) is 39.4 Å². The molecule has 0 saturated heterocycles. The molecule has 1 heterocycles. The summed E-state index contributed by atoms with van der Waals surface area (Å²) in [6.07, 6.45) is 3.11. The molecule has 0 saturated carbocycles. The van der Waals surface area contributed by atoms with E-state index in [9.17, 15) is 4.79 Å². The molecule has 1 amide bonds. The summed E-state index contributed by atoms with van der Waals surface area (Å²) in [6.45, 7) is 3.76. The van der Waals surface area contributed by atoms with Gasteiger partial charge in [-0.1, -0.05) is 18.2 Å². The number of carbonyl (C=O) groups is 1. The minimum atomic E-state index is -0.272. The topological polar surface area (TPSA) is 29.4 Å². The number of carbonyl (C=O) groups excluding carboxylic acids is 1. The first-order chi connectivity index (χ1) is 6.16. The number of fused-ring (bicyclic) bond motifs is 1. The molecule has 0 fully saturated rings. The summed E-state index contributed by atoms with van der Waals surface area (Å²) in [5.74, 6) is -0.272. The Kier molecular flexibility index (Phi) is 1.78. The second-order valence-electron chi connectivity index (χ2n) is 2.80. The highest BCUT2D eigenvalue weighted by Crippen LogP contribution is 2.05. The van der Waals surface area contributed by atoms with Gasteiger partial charge in [-0.05, 0) is 23.4 Å². The number of hydrogen-bond acceptors (Lipinski definition) is 1. The molecule has 64 valence electrons. The van der Waals surface area contributed by atoms with E-state index < -0.39 is 0 Å². The predicted molar refractivity (Wildman–Crippen MR) is 51.8 cm³/mol. The minimum absolute atomic E-state index is 0.272. The summed E-state index contributed by atoms with van der Waals surface area (Å²) in [7, 11) is 0. The standard InChI is InChI=1S/C10H6ClNO/c1-6-4-7-2-3-9(13)12-10(7)8(11)5-6/h2-5H,1H2. The van der Waals surface area contributed by atoms with E-state index in [1.165, 1.54) is 6.08 Å². The normalized spacial score (nSPS) is 13.8. The van der Waals surface area contributed by atoms with Gasteiger partial charge in [-0.3, -0.25) is 4.79 Å². The van der Waals surface area contributed by atoms with E-state index in [4.69, 9.17) is 11.6 Å². The van der Waals surface area contributed by atoms with Crippen LogP contribution in [0.1, 0.15) is 5.56 Å². The Morgan fingerprint density at radius 1 is 1.31 bits per heavy atom. The molecule has 0 atom stereocenters. The highest BCUT2D eigenvalue weighted by atomic mass is 35.5. The van der Waals surface area contributed by atoms with E-state index in [0.717, 1.165) is 10.8 Å². The summed E-state index contributed by atoms with van der Waals surface area (Å²) in [4.78, 5) is 14.7. The number of rotatable bonds is 0. The van der Waals surface area contributed by atoms with Crippen LogP contribution in [0.4, 0.5) is 0 Å². The summed E-state index contributed by atoms with van der Waals surface area (Å²) < 4.78 is 0. The van der Waals surface area contributed by atoms with Crippen LogP contribution in [0.15, 0.2) is 23.2 Å². The van der Waals surface area contributed by atoms with Gasteiger partial charge in [0.15, 0.2) is 0 Å². The maximum absolute atomic E-state index is 10.9. The molecule has 0 aromatic heterocycles. The van der Waals surface area contributed by atoms with Crippen molar-refractivity contribution in [2.45, 2.75) is 0 Å². The van der Waals surface area contributed by atoms with Crippen LogP contribution < -0.4 is 10.6 Å². The highest BCUT2D eigenvalue weighted by Gasteiger charge is 2.05. The smallest absolute Gasteiger partial charge is 0.267 e. The first-order valence-electron chi connectivity index (χ1n) is 3.76. The third-order valence-electron chi connectivity index (χ3n) is 1.78. The zero-order valence-electron chi connectivity index (χ0n) is 6.75. The van der Waals surface area contributed by atoms with Gasteiger partial charge >= 0.3 is 0 Å². The Morgan fingerprint density at radius 2 is 2.08 bits per heavy atom. The number of hydrogen-bond donors (Lipinski definition) is 0. The monoisotopic (exact) mass is 191 g/mol. The molecule has 0 N–H and O–H groups in total. The van der Waals surface area contributed by atoms with E-state index >= 15 is 0 Å². The molecule has 1 aliphatic rings. The number of halogens is 1. The SMILES string of the molecule is C=c1cc(Cl)c2c(c1)C=CC(=O)N=2. The number of benzene rings is 1. The van der Waals surface area contributed by atoms with Crippen LogP contribution in [0, 0.1) is 0 Å². The quantitative estimate of drug-likeness (QED) is 0.600. The average Bonchev–Trinajstić information content (AvgIpc) is 2.06. The molecule has 0 spiro atoms. The molecule has 13 heavy (non-hydrogen) atoms. The highest BCUT2D eigenvalue weighted by molar-refractivity contribution is 6.30. The van der Waals surface area contributed by atoms with Gasteiger partial charge in [0.1, 0.15) is 0 Å². The van der Waals surface area contributed by atoms with E-state index in [1.807, 2.05) is 6.07 Å². The summed E-state index contributed by atoms with van der Waals surface area (Å²) in [5.41, 5.74) is 0.845. The molecular formula is C10H6ClNO. The van der Waals surface area contributed by atoms with Crippen molar-refractivity contribution in [3.8, 4) is 0 Å². The minimum Gasteiger partial charge on any atom is -0.267 e. The predicted octanol–water partition coefficient (Wildman–Crippen LogP) is 0.923. The zero-order chi connectivity index (χ0) is 9.42. The fourth-order valence-corrected chi connectivity index (χ4v) is 1.52. The van der Waals surface area contributed by atoms with Crippen molar-refractivity contribution in [2.24, 2.45) is 4.99 Å². The summed E-state index contributed by atoms with van der Waals surface area (Å²) in [5, 5.41) is 1.83. The molecule has 1 aliphatic heterocycles. The van der Waals surface area contributed by atoms with Crippen molar-refractivity contribution >= 4 is 30.2 Å². The van der Waals surface area contributed by atoms with Gasteiger partial charge in [0.05, 0.1) is 10.4 Å². The molecule has 2 nitrogen and oxygen atoms in total. The lowest BCUT2D eigenvalue weighted by molar-refractivity contribution is -0.113. The fourth-order valence-electron chi connectivity index (χ4n) is 1.23. The molecule has 1 aromatic rings. The average molecular weight is 192 g/mol. The molecule has 0 radical (unpaired) electrons. The van der Waals surface area contributed by atoms with Gasteiger partial charge in [0.2, 0.25) is 0 Å². The van der Waals surface area contributed by atoms with Crippen LogP contribution in [0.5, 0.6) is 0 Å². The van der Waals surface area contributed by atoms with Gasteiger partial charge in [0.25, 0.3) is 5.91 Å². The third-order valence-corrected chi connectivity index (χ3v) is 2.07. The lowest BCUT2D eigenvalue weighted by atomic mass is 10.1. The van der Waals surface area contributed by atoms with Gasteiger partial charge in [-0.25, -0.2) is 4.99 Å². The molecule has 1 aromatic carbocycles. The van der Waals surface area contributed by atoms with Gasteiger partial charge in [0, 0.05) is 11.6 Å². The van der Waals surface area contributed by atoms with Crippen LogP contribution in [0.2, 0.25) is 5.02 Å². The lowest BCUT2D eigenvalue weighted by Gasteiger charge is -2.01. The largest absolute Gasteiger partial charge is 0.270 e. The van der Waals surface area contributed by atoms with Gasteiger partial charge < -0.3 is 0 Å². The van der Waals surface area contributed by atoms with Crippen molar-refractivity contribution in [1.29, 1.82) is 0 Å². The van der Waals surface area contributed by atoms with E-state index in [0.29, 0.717) is 10.4 Å². The van der Waals surface area contributed by atoms with E-state index in [2.05, 4.69) is 11.6 Å². The first kappa shape index (κ1) is 8.20. The Morgan fingerprint density at radius 3 is 2.85 bits per heavy atom. The lowest BCUT2D eigenvalue weighted by Crippen LogP contribution is -2.18. The van der Waals surface area contributed by atoms with E-state index in [1.54, 1.807) is 12.1 Å². The van der Waals surface area contributed by atoms with Crippen molar-refractivity contribution in [3.63, 3.8) is 0 Å². The van der Waals surface area contributed by atoms with Crippen LogP contribution in [-0.4, -0.2) is 5.91 Å². The van der Waals surface area contributed by atoms with E-state index in [-0.39, 0.29) is 5.91 Å². The van der Waals surface area contributed by atoms with Crippen molar-refractivity contribution in [1.82, 2.24) is 0 Å². The van der Waals surface area contributed by atoms with Crippen LogP contribution in [0.25, 0.3) is 12.7 Å². The molecule has 0 aliphatic carbocycles. The Hall–Kier alpha value is -1.41. The maximum Gasteiger partial charge on any atom is 0.270 e. The third kappa shape index (κ3) is 1.40.